The van der Waals surface area contributed by atoms with E-state index in [4.69, 9.17) is 11.6 Å². The van der Waals surface area contributed by atoms with E-state index in [9.17, 15) is 4.79 Å². The van der Waals surface area contributed by atoms with E-state index in [2.05, 4.69) is 15.3 Å². The highest BCUT2D eigenvalue weighted by atomic mass is 35.5. The van der Waals surface area contributed by atoms with Crippen LogP contribution in [0.2, 0.25) is 5.02 Å². The first-order chi connectivity index (χ1) is 10.1. The van der Waals surface area contributed by atoms with E-state index < -0.39 is 0 Å². The first-order valence-electron chi connectivity index (χ1n) is 6.66. The Balaban J connectivity index is 2.17. The van der Waals surface area contributed by atoms with Crippen molar-refractivity contribution in [1.29, 1.82) is 0 Å². The number of amides is 1. The molecule has 2 aromatic heterocycles. The third-order valence-electron chi connectivity index (χ3n) is 2.92. The average molecular weight is 305 g/mol. The predicted molar refractivity (Wildman–Crippen MR) is 83.4 cm³/mol. The average Bonchev–Trinajstić information content (AvgIpc) is 2.50. The van der Waals surface area contributed by atoms with E-state index in [1.54, 1.807) is 24.2 Å². The van der Waals surface area contributed by atoms with Crippen molar-refractivity contribution in [3.63, 3.8) is 0 Å². The van der Waals surface area contributed by atoms with Crippen LogP contribution in [0.3, 0.4) is 0 Å². The molecular weight excluding hydrogens is 288 g/mol. The largest absolute Gasteiger partial charge is 0.370 e. The lowest BCUT2D eigenvalue weighted by molar-refractivity contribution is 0.0783. The maximum absolute atomic E-state index is 12.5. The summed E-state index contributed by atoms with van der Waals surface area (Å²) in [7, 11) is 1.72. The maximum Gasteiger partial charge on any atom is 0.255 e. The van der Waals surface area contributed by atoms with Gasteiger partial charge < -0.3 is 10.2 Å². The van der Waals surface area contributed by atoms with Gasteiger partial charge in [-0.2, -0.15) is 0 Å². The summed E-state index contributed by atoms with van der Waals surface area (Å²) in [4.78, 5) is 22.4. The Morgan fingerprint density at radius 3 is 2.86 bits per heavy atom. The van der Waals surface area contributed by atoms with Crippen LogP contribution in [0.5, 0.6) is 0 Å². The minimum atomic E-state index is -0.160. The molecule has 0 fully saturated rings. The van der Waals surface area contributed by atoms with Crippen molar-refractivity contribution < 1.29 is 4.79 Å². The topological polar surface area (TPSA) is 58.1 Å². The fourth-order valence-electron chi connectivity index (χ4n) is 1.89. The molecule has 6 heteroatoms. The number of carbonyl (C=O) groups is 1. The van der Waals surface area contributed by atoms with Gasteiger partial charge in [0.15, 0.2) is 0 Å². The Bertz CT molecular complexity index is 618. The van der Waals surface area contributed by atoms with Gasteiger partial charge in [-0.25, -0.2) is 4.98 Å². The van der Waals surface area contributed by atoms with E-state index in [0.717, 1.165) is 12.2 Å². The van der Waals surface area contributed by atoms with Gasteiger partial charge >= 0.3 is 0 Å². The van der Waals surface area contributed by atoms with Gasteiger partial charge in [0.25, 0.3) is 5.91 Å². The van der Waals surface area contributed by atoms with Gasteiger partial charge in [0, 0.05) is 26.0 Å². The first kappa shape index (κ1) is 15.3. The number of hydrogen-bond donors (Lipinski definition) is 1. The van der Waals surface area contributed by atoms with Crippen LogP contribution < -0.4 is 5.32 Å². The van der Waals surface area contributed by atoms with E-state index >= 15 is 0 Å². The van der Waals surface area contributed by atoms with Crippen LogP contribution in [0.4, 0.5) is 5.82 Å². The minimum Gasteiger partial charge on any atom is -0.370 e. The molecule has 0 aliphatic heterocycles. The van der Waals surface area contributed by atoms with E-state index in [1.165, 1.54) is 6.20 Å². The number of nitrogens with one attached hydrogen (secondary N) is 1. The van der Waals surface area contributed by atoms with Crippen molar-refractivity contribution in [2.75, 3.05) is 18.9 Å². The molecule has 1 N–H and O–H groups in total. The van der Waals surface area contributed by atoms with Crippen molar-refractivity contribution in [1.82, 2.24) is 14.9 Å². The predicted octanol–water partition coefficient (Wildman–Crippen LogP) is 2.83. The van der Waals surface area contributed by atoms with Crippen molar-refractivity contribution >= 4 is 23.3 Å². The van der Waals surface area contributed by atoms with Crippen molar-refractivity contribution in [2.24, 2.45) is 0 Å². The number of nitrogens with zero attached hydrogens (tertiary/aromatic N) is 3. The smallest absolute Gasteiger partial charge is 0.255 e. The van der Waals surface area contributed by atoms with Crippen LogP contribution in [-0.4, -0.2) is 34.4 Å². The number of pyridine rings is 2. The van der Waals surface area contributed by atoms with Crippen LogP contribution in [-0.2, 0) is 6.54 Å². The number of anilines is 1. The minimum absolute atomic E-state index is 0.160. The molecule has 0 radical (unpaired) electrons. The highest BCUT2D eigenvalue weighted by Crippen LogP contribution is 2.20. The number of halogens is 1. The Labute approximate surface area is 129 Å². The van der Waals surface area contributed by atoms with E-state index in [-0.39, 0.29) is 5.91 Å². The number of aromatic nitrogens is 2. The van der Waals surface area contributed by atoms with Gasteiger partial charge in [0.1, 0.15) is 5.82 Å². The summed E-state index contributed by atoms with van der Waals surface area (Å²) in [6.07, 6.45) is 3.19. The van der Waals surface area contributed by atoms with Gasteiger partial charge in [-0.3, -0.25) is 9.78 Å². The second-order valence-electron chi connectivity index (χ2n) is 4.56. The summed E-state index contributed by atoms with van der Waals surface area (Å²) in [5.74, 6) is 0.476. The fraction of sp³-hybridized carbons (Fsp3) is 0.267. The zero-order chi connectivity index (χ0) is 15.2. The molecule has 21 heavy (non-hydrogen) atoms. The Hall–Kier alpha value is -2.14. The lowest BCUT2D eigenvalue weighted by Gasteiger charge is -2.18. The van der Waals surface area contributed by atoms with E-state index in [0.29, 0.717) is 22.9 Å². The molecule has 110 valence electrons. The van der Waals surface area contributed by atoms with Gasteiger partial charge in [0.05, 0.1) is 22.8 Å². The summed E-state index contributed by atoms with van der Waals surface area (Å²) < 4.78 is 0. The lowest BCUT2D eigenvalue weighted by atomic mass is 10.2. The first-order valence-corrected chi connectivity index (χ1v) is 7.04. The molecule has 0 aliphatic rings. The van der Waals surface area contributed by atoms with Crippen LogP contribution in [0.15, 0.2) is 36.7 Å². The monoisotopic (exact) mass is 304 g/mol. The normalized spacial score (nSPS) is 10.2. The third kappa shape index (κ3) is 3.92. The summed E-state index contributed by atoms with van der Waals surface area (Å²) in [6.45, 7) is 3.12. The molecule has 2 rings (SSSR count). The third-order valence-corrected chi connectivity index (χ3v) is 3.22. The van der Waals surface area contributed by atoms with Gasteiger partial charge in [-0.15, -0.1) is 0 Å². The zero-order valence-corrected chi connectivity index (χ0v) is 12.8. The Morgan fingerprint density at radius 1 is 1.38 bits per heavy atom. The second kappa shape index (κ2) is 7.04. The number of carbonyl (C=O) groups excluding carboxylic acids is 1. The molecule has 0 bridgehead atoms. The van der Waals surface area contributed by atoms with Crippen LogP contribution in [0.1, 0.15) is 23.0 Å². The van der Waals surface area contributed by atoms with Crippen molar-refractivity contribution in [2.45, 2.75) is 13.5 Å². The lowest BCUT2D eigenvalue weighted by Crippen LogP contribution is -2.27. The van der Waals surface area contributed by atoms with Crippen LogP contribution in [0.25, 0.3) is 0 Å². The molecule has 0 aliphatic carbocycles. The molecule has 0 spiro atoms. The highest BCUT2D eigenvalue weighted by molar-refractivity contribution is 6.33. The van der Waals surface area contributed by atoms with Gasteiger partial charge in [-0.1, -0.05) is 17.7 Å². The fourth-order valence-corrected chi connectivity index (χ4v) is 2.08. The van der Waals surface area contributed by atoms with Crippen molar-refractivity contribution in [3.8, 4) is 0 Å². The zero-order valence-electron chi connectivity index (χ0n) is 12.0. The second-order valence-corrected chi connectivity index (χ2v) is 4.97. The molecule has 2 heterocycles. The Morgan fingerprint density at radius 2 is 2.19 bits per heavy atom. The summed E-state index contributed by atoms with van der Waals surface area (Å²) in [5, 5.41) is 3.41. The SMILES string of the molecule is CCNc1cc(C(=O)N(C)Cc2ccccn2)c(Cl)cn1. The molecule has 0 unspecified atom stereocenters. The number of hydrogen-bond acceptors (Lipinski definition) is 4. The summed E-state index contributed by atoms with van der Waals surface area (Å²) >= 11 is 6.08. The van der Waals surface area contributed by atoms with Crippen LogP contribution in [0, 0.1) is 0 Å². The standard InChI is InChI=1S/C15H17ClN4O/c1-3-17-14-8-12(13(16)9-19-14)15(21)20(2)10-11-6-4-5-7-18-11/h4-9H,3,10H2,1-2H3,(H,17,19). The van der Waals surface area contributed by atoms with E-state index in [1.807, 2.05) is 25.1 Å². The molecular formula is C15H17ClN4O. The molecule has 5 nitrogen and oxygen atoms in total. The maximum atomic E-state index is 12.5. The highest BCUT2D eigenvalue weighted by Gasteiger charge is 2.17. The van der Waals surface area contributed by atoms with Crippen molar-refractivity contribution in [3.05, 3.63) is 52.9 Å². The summed E-state index contributed by atoms with van der Waals surface area (Å²) in [6, 6.07) is 7.28. The molecule has 0 aromatic carbocycles. The Kier molecular flexibility index (Phi) is 5.11. The molecule has 2 aromatic rings. The summed E-state index contributed by atoms with van der Waals surface area (Å²) in [5.41, 5.74) is 1.26. The molecule has 0 saturated heterocycles. The molecule has 0 atom stereocenters. The van der Waals surface area contributed by atoms with Gasteiger partial charge in [0.2, 0.25) is 0 Å². The number of rotatable bonds is 5. The van der Waals surface area contributed by atoms with Gasteiger partial charge in [-0.05, 0) is 25.1 Å². The molecule has 0 saturated carbocycles. The van der Waals surface area contributed by atoms with Crippen LogP contribution >= 0.6 is 11.6 Å². The quantitative estimate of drug-likeness (QED) is 0.923. The molecule has 1 amide bonds.